The highest BCUT2D eigenvalue weighted by molar-refractivity contribution is 7.99. The van der Waals surface area contributed by atoms with Crippen molar-refractivity contribution in [2.24, 2.45) is 5.92 Å². The minimum absolute atomic E-state index is 0.100. The number of aryl methyl sites for hydroxylation is 2. The fourth-order valence-corrected chi connectivity index (χ4v) is 7.06. The maximum Gasteiger partial charge on any atom is 0.248 e. The average Bonchev–Trinajstić information content (AvgIpc) is 3.07. The number of aromatic nitrogens is 1. The number of carbonyl (C=O) groups is 1. The van der Waals surface area contributed by atoms with Gasteiger partial charge in [0, 0.05) is 29.7 Å². The summed E-state index contributed by atoms with van der Waals surface area (Å²) < 4.78 is 46.3. The molecule has 162 valence electrons. The first-order chi connectivity index (χ1) is 14.3. The van der Waals surface area contributed by atoms with Gasteiger partial charge in [-0.1, -0.05) is 17.3 Å². The number of rotatable bonds is 4. The second kappa shape index (κ2) is 8.32. The molecule has 0 unspecified atom stereocenters. The van der Waals surface area contributed by atoms with Gasteiger partial charge in [0.15, 0.2) is 5.76 Å². The third kappa shape index (κ3) is 3.88. The van der Waals surface area contributed by atoms with E-state index in [9.17, 15) is 17.6 Å². The number of hydrogen-bond donors (Lipinski definition) is 1. The molecule has 0 spiro atoms. The molecule has 2 aliphatic rings. The smallest absolute Gasteiger partial charge is 0.248 e. The zero-order valence-electron chi connectivity index (χ0n) is 16.9. The van der Waals surface area contributed by atoms with Crippen molar-refractivity contribution >= 4 is 27.7 Å². The Labute approximate surface area is 179 Å². The third-order valence-electron chi connectivity index (χ3n) is 5.73. The standard InChI is InChI=1S/C20H24FN3O4S2/c1-12-19(13(2)28-23-12)30(26,27)24-9-6-14(7-10-24)20(25)22-17-8-11-29-18-15(17)4-3-5-16(18)21/h3-5,14,17H,6-11H2,1-2H3,(H,22,25)/t17-/m0/s1. The van der Waals surface area contributed by atoms with Crippen LogP contribution in [-0.2, 0) is 14.8 Å². The Hall–Kier alpha value is -1.91. The lowest BCUT2D eigenvalue weighted by atomic mass is 9.95. The van der Waals surface area contributed by atoms with Gasteiger partial charge in [-0.15, -0.1) is 11.8 Å². The van der Waals surface area contributed by atoms with Gasteiger partial charge < -0.3 is 9.84 Å². The second-order valence-corrected chi connectivity index (χ2v) is 10.7. The van der Waals surface area contributed by atoms with Gasteiger partial charge in [-0.25, -0.2) is 12.8 Å². The summed E-state index contributed by atoms with van der Waals surface area (Å²) in [6.45, 7) is 3.70. The highest BCUT2D eigenvalue weighted by Gasteiger charge is 2.36. The van der Waals surface area contributed by atoms with Crippen molar-refractivity contribution in [3.05, 3.63) is 41.0 Å². The van der Waals surface area contributed by atoms with Gasteiger partial charge in [-0.2, -0.15) is 4.31 Å². The highest BCUT2D eigenvalue weighted by Crippen LogP contribution is 2.38. The van der Waals surface area contributed by atoms with Gasteiger partial charge >= 0.3 is 0 Å². The lowest BCUT2D eigenvalue weighted by Crippen LogP contribution is -2.44. The number of sulfonamides is 1. The molecular formula is C20H24FN3O4S2. The third-order valence-corrected chi connectivity index (χ3v) is 9.04. The molecule has 30 heavy (non-hydrogen) atoms. The van der Waals surface area contributed by atoms with Crippen LogP contribution in [0, 0.1) is 25.6 Å². The largest absolute Gasteiger partial charge is 0.360 e. The minimum Gasteiger partial charge on any atom is -0.360 e. The Bertz CT molecular complexity index is 1040. The van der Waals surface area contributed by atoms with Gasteiger partial charge in [-0.05, 0) is 44.7 Å². The van der Waals surface area contributed by atoms with Crippen LogP contribution in [0.1, 0.15) is 42.3 Å². The predicted molar refractivity (Wildman–Crippen MR) is 110 cm³/mol. The summed E-state index contributed by atoms with van der Waals surface area (Å²) in [6.07, 6.45) is 1.62. The topological polar surface area (TPSA) is 92.5 Å². The first kappa shape index (κ1) is 21.3. The Morgan fingerprint density at radius 3 is 2.67 bits per heavy atom. The molecule has 1 aromatic heterocycles. The molecule has 3 heterocycles. The SMILES string of the molecule is Cc1noc(C)c1S(=O)(=O)N1CCC(C(=O)N[C@H]2CCSc3c(F)cccc32)CC1. The fourth-order valence-electron chi connectivity index (χ4n) is 4.16. The van der Waals surface area contributed by atoms with Gasteiger partial charge in [0.2, 0.25) is 15.9 Å². The Morgan fingerprint density at radius 2 is 2.00 bits per heavy atom. The van der Waals surface area contributed by atoms with Crippen LogP contribution in [0.2, 0.25) is 0 Å². The molecule has 0 aliphatic carbocycles. The van der Waals surface area contributed by atoms with E-state index < -0.39 is 10.0 Å². The highest BCUT2D eigenvalue weighted by atomic mass is 32.2. The van der Waals surface area contributed by atoms with Gasteiger partial charge in [0.05, 0.1) is 6.04 Å². The average molecular weight is 454 g/mol. The number of fused-ring (bicyclic) bond motifs is 1. The van der Waals surface area contributed by atoms with E-state index in [1.54, 1.807) is 19.9 Å². The van der Waals surface area contributed by atoms with E-state index in [1.165, 1.54) is 22.1 Å². The van der Waals surface area contributed by atoms with Crippen molar-refractivity contribution < 1.29 is 22.1 Å². The van der Waals surface area contributed by atoms with Gasteiger partial charge in [0.25, 0.3) is 0 Å². The summed E-state index contributed by atoms with van der Waals surface area (Å²) in [7, 11) is -3.70. The van der Waals surface area contributed by atoms with E-state index in [1.807, 2.05) is 6.07 Å². The quantitative estimate of drug-likeness (QED) is 0.764. The summed E-state index contributed by atoms with van der Waals surface area (Å²) in [5.41, 5.74) is 1.16. The van der Waals surface area contributed by atoms with E-state index >= 15 is 0 Å². The number of thioether (sulfide) groups is 1. The lowest BCUT2D eigenvalue weighted by Gasteiger charge is -2.32. The fraction of sp³-hybridized carbons (Fsp3) is 0.500. The Kier molecular flexibility index (Phi) is 5.91. The molecule has 1 saturated heterocycles. The number of hydrogen-bond acceptors (Lipinski definition) is 6. The summed E-state index contributed by atoms with van der Waals surface area (Å²) in [4.78, 5) is 13.6. The van der Waals surface area contributed by atoms with Crippen LogP contribution in [0.25, 0.3) is 0 Å². The number of nitrogens with zero attached hydrogens (tertiary/aromatic N) is 2. The molecule has 4 rings (SSSR count). The number of piperidine rings is 1. The molecule has 7 nitrogen and oxygen atoms in total. The first-order valence-electron chi connectivity index (χ1n) is 9.93. The second-order valence-electron chi connectivity index (χ2n) is 7.69. The van der Waals surface area contributed by atoms with Crippen LogP contribution < -0.4 is 5.32 Å². The van der Waals surface area contributed by atoms with E-state index in [0.29, 0.717) is 23.4 Å². The number of nitrogens with one attached hydrogen (secondary N) is 1. The van der Waals surface area contributed by atoms with E-state index in [2.05, 4.69) is 10.5 Å². The summed E-state index contributed by atoms with van der Waals surface area (Å²) >= 11 is 1.47. The number of carbonyl (C=O) groups excluding carboxylic acids is 1. The van der Waals surface area contributed by atoms with E-state index in [0.717, 1.165) is 17.7 Å². The lowest BCUT2D eigenvalue weighted by molar-refractivity contribution is -0.127. The van der Waals surface area contributed by atoms with E-state index in [-0.39, 0.29) is 47.4 Å². The molecule has 0 radical (unpaired) electrons. The zero-order valence-corrected chi connectivity index (χ0v) is 18.5. The molecule has 1 fully saturated rings. The maximum atomic E-state index is 14.1. The molecule has 1 N–H and O–H groups in total. The number of amides is 1. The first-order valence-corrected chi connectivity index (χ1v) is 12.4. The van der Waals surface area contributed by atoms with Crippen LogP contribution in [0.15, 0.2) is 32.5 Å². The number of halogens is 1. The maximum absolute atomic E-state index is 14.1. The van der Waals surface area contributed by atoms with Crippen LogP contribution >= 0.6 is 11.8 Å². The summed E-state index contributed by atoms with van der Waals surface area (Å²) in [5.74, 6) is 0.388. The van der Waals surface area contributed by atoms with Crippen LogP contribution in [-0.4, -0.2) is 42.6 Å². The van der Waals surface area contributed by atoms with Crippen molar-refractivity contribution in [1.29, 1.82) is 0 Å². The molecule has 1 aromatic carbocycles. The predicted octanol–water partition coefficient (Wildman–Crippen LogP) is 3.18. The molecule has 2 aliphatic heterocycles. The van der Waals surface area contributed by atoms with Crippen LogP contribution in [0.4, 0.5) is 4.39 Å². The molecule has 2 aromatic rings. The molecule has 0 bridgehead atoms. The Morgan fingerprint density at radius 1 is 1.27 bits per heavy atom. The normalized spacial score (nSPS) is 20.7. The molecule has 1 amide bonds. The molecule has 0 saturated carbocycles. The minimum atomic E-state index is -3.70. The van der Waals surface area contributed by atoms with Crippen molar-refractivity contribution in [3.8, 4) is 0 Å². The van der Waals surface area contributed by atoms with Gasteiger partial charge in [0.1, 0.15) is 16.4 Å². The molecule has 1 atom stereocenters. The van der Waals surface area contributed by atoms with Crippen LogP contribution in [0.5, 0.6) is 0 Å². The number of benzene rings is 1. The Balaban J connectivity index is 1.41. The molecule has 10 heteroatoms. The van der Waals surface area contributed by atoms with Gasteiger partial charge in [-0.3, -0.25) is 4.79 Å². The van der Waals surface area contributed by atoms with Crippen molar-refractivity contribution in [3.63, 3.8) is 0 Å². The summed E-state index contributed by atoms with van der Waals surface area (Å²) in [6, 6.07) is 4.74. The zero-order chi connectivity index (χ0) is 21.5. The van der Waals surface area contributed by atoms with Crippen molar-refractivity contribution in [1.82, 2.24) is 14.8 Å². The van der Waals surface area contributed by atoms with Crippen molar-refractivity contribution in [2.45, 2.75) is 48.9 Å². The van der Waals surface area contributed by atoms with Crippen LogP contribution in [0.3, 0.4) is 0 Å². The summed E-state index contributed by atoms with van der Waals surface area (Å²) in [5, 5.41) is 6.80. The van der Waals surface area contributed by atoms with E-state index in [4.69, 9.17) is 4.52 Å². The molecular weight excluding hydrogens is 429 g/mol. The monoisotopic (exact) mass is 453 g/mol. The van der Waals surface area contributed by atoms with Crippen molar-refractivity contribution in [2.75, 3.05) is 18.8 Å².